The van der Waals surface area contributed by atoms with Crippen LogP contribution < -0.4 is 10.6 Å². The van der Waals surface area contributed by atoms with E-state index in [1.807, 2.05) is 0 Å². The first kappa shape index (κ1) is 16.9. The van der Waals surface area contributed by atoms with Gasteiger partial charge in [0.05, 0.1) is 15.7 Å². The van der Waals surface area contributed by atoms with Crippen LogP contribution in [0.2, 0.25) is 15.1 Å². The standard InChI is InChI=1S/C12H13Cl3N2O3/c1-5(2)9(11(18)19)16-12(20)17-10-7(14)3-6(13)4-8(10)15/h3-5,9H,1-2H3,(H,18,19)(H2,16,17,20). The Balaban J connectivity index is 2.84. The first-order chi connectivity index (χ1) is 9.22. The van der Waals surface area contributed by atoms with Gasteiger partial charge < -0.3 is 15.7 Å². The molecule has 5 nitrogen and oxygen atoms in total. The number of nitrogens with one attached hydrogen (secondary N) is 2. The molecule has 0 aliphatic rings. The van der Waals surface area contributed by atoms with Gasteiger partial charge in [-0.15, -0.1) is 0 Å². The van der Waals surface area contributed by atoms with Crippen LogP contribution in [0.1, 0.15) is 13.8 Å². The van der Waals surface area contributed by atoms with Crippen LogP contribution in [0.5, 0.6) is 0 Å². The van der Waals surface area contributed by atoms with E-state index in [2.05, 4.69) is 10.6 Å². The van der Waals surface area contributed by atoms with E-state index in [0.29, 0.717) is 5.02 Å². The van der Waals surface area contributed by atoms with Crippen LogP contribution in [0.25, 0.3) is 0 Å². The average Bonchev–Trinajstić information content (AvgIpc) is 2.29. The van der Waals surface area contributed by atoms with E-state index in [-0.39, 0.29) is 21.7 Å². The molecule has 1 aromatic rings. The molecule has 0 bridgehead atoms. The molecule has 0 saturated carbocycles. The topological polar surface area (TPSA) is 78.4 Å². The number of aliphatic carboxylic acids is 1. The number of benzene rings is 1. The minimum atomic E-state index is -1.12. The van der Waals surface area contributed by atoms with Crippen molar-refractivity contribution in [1.29, 1.82) is 0 Å². The van der Waals surface area contributed by atoms with E-state index < -0.39 is 18.0 Å². The van der Waals surface area contributed by atoms with E-state index in [4.69, 9.17) is 39.9 Å². The molecular formula is C12H13Cl3N2O3. The van der Waals surface area contributed by atoms with Gasteiger partial charge in [-0.1, -0.05) is 48.7 Å². The van der Waals surface area contributed by atoms with Gasteiger partial charge in [-0.25, -0.2) is 9.59 Å². The largest absolute Gasteiger partial charge is 0.480 e. The van der Waals surface area contributed by atoms with Crippen molar-refractivity contribution in [3.8, 4) is 0 Å². The first-order valence-electron chi connectivity index (χ1n) is 5.67. The molecule has 1 atom stereocenters. The Kier molecular flexibility index (Phi) is 5.92. The van der Waals surface area contributed by atoms with Gasteiger partial charge in [0.25, 0.3) is 0 Å². The highest BCUT2D eigenvalue weighted by Gasteiger charge is 2.24. The summed E-state index contributed by atoms with van der Waals surface area (Å²) in [5, 5.41) is 14.4. The molecule has 1 rings (SSSR count). The molecule has 20 heavy (non-hydrogen) atoms. The predicted octanol–water partition coefficient (Wildman–Crippen LogP) is 3.88. The first-order valence-corrected chi connectivity index (χ1v) is 6.80. The number of carboxylic acid groups (broad SMARTS) is 1. The lowest BCUT2D eigenvalue weighted by Gasteiger charge is -2.19. The molecule has 0 saturated heterocycles. The highest BCUT2D eigenvalue weighted by atomic mass is 35.5. The minimum Gasteiger partial charge on any atom is -0.480 e. The van der Waals surface area contributed by atoms with Crippen LogP contribution in [-0.2, 0) is 4.79 Å². The van der Waals surface area contributed by atoms with Crippen molar-refractivity contribution < 1.29 is 14.7 Å². The van der Waals surface area contributed by atoms with Crippen molar-refractivity contribution in [2.75, 3.05) is 5.32 Å². The van der Waals surface area contributed by atoms with Gasteiger partial charge in [0, 0.05) is 5.02 Å². The lowest BCUT2D eigenvalue weighted by molar-refractivity contribution is -0.140. The molecule has 0 fully saturated rings. The number of amides is 2. The third kappa shape index (κ3) is 4.44. The number of carbonyl (C=O) groups excluding carboxylic acids is 1. The number of urea groups is 1. The van der Waals surface area contributed by atoms with Gasteiger partial charge >= 0.3 is 12.0 Å². The van der Waals surface area contributed by atoms with Crippen molar-refractivity contribution in [2.24, 2.45) is 5.92 Å². The van der Waals surface area contributed by atoms with E-state index in [9.17, 15) is 9.59 Å². The maximum atomic E-state index is 11.8. The molecule has 0 aliphatic carbocycles. The number of carbonyl (C=O) groups is 2. The molecule has 0 aromatic heterocycles. The van der Waals surface area contributed by atoms with Crippen LogP contribution in [-0.4, -0.2) is 23.1 Å². The Bertz CT molecular complexity index is 512. The Morgan fingerprint density at radius 1 is 1.15 bits per heavy atom. The SMILES string of the molecule is CC(C)C(NC(=O)Nc1c(Cl)cc(Cl)cc1Cl)C(=O)O. The maximum Gasteiger partial charge on any atom is 0.326 e. The van der Waals surface area contributed by atoms with Crippen LogP contribution in [0, 0.1) is 5.92 Å². The summed E-state index contributed by atoms with van der Waals surface area (Å²) in [5.41, 5.74) is 0.170. The second-order valence-electron chi connectivity index (χ2n) is 4.40. The molecule has 0 heterocycles. The van der Waals surface area contributed by atoms with E-state index in [1.165, 1.54) is 12.1 Å². The molecule has 3 N–H and O–H groups in total. The van der Waals surface area contributed by atoms with Gasteiger partial charge in [-0.05, 0) is 18.1 Å². The zero-order valence-electron chi connectivity index (χ0n) is 10.7. The van der Waals surface area contributed by atoms with Crippen molar-refractivity contribution in [3.63, 3.8) is 0 Å². The summed E-state index contributed by atoms with van der Waals surface area (Å²) in [5.74, 6) is -1.39. The normalized spacial score (nSPS) is 12.1. The number of rotatable bonds is 4. The van der Waals surface area contributed by atoms with Crippen LogP contribution in [0.4, 0.5) is 10.5 Å². The summed E-state index contributed by atoms with van der Waals surface area (Å²) >= 11 is 17.6. The third-order valence-electron chi connectivity index (χ3n) is 2.46. The quantitative estimate of drug-likeness (QED) is 0.779. The molecular weight excluding hydrogens is 327 g/mol. The summed E-state index contributed by atoms with van der Waals surface area (Å²) in [4.78, 5) is 22.8. The minimum absolute atomic E-state index is 0.161. The molecule has 0 aliphatic heterocycles. The van der Waals surface area contributed by atoms with E-state index in [0.717, 1.165) is 0 Å². The average molecular weight is 340 g/mol. The number of carboxylic acids is 1. The highest BCUT2D eigenvalue weighted by molar-refractivity contribution is 6.42. The number of hydrogen-bond donors (Lipinski definition) is 3. The maximum absolute atomic E-state index is 11.8. The van der Waals surface area contributed by atoms with Gasteiger partial charge in [0.1, 0.15) is 6.04 Å². The summed E-state index contributed by atoms with van der Waals surface area (Å²) in [6.07, 6.45) is 0. The molecule has 8 heteroatoms. The highest BCUT2D eigenvalue weighted by Crippen LogP contribution is 2.33. The van der Waals surface area contributed by atoms with Gasteiger partial charge in [0.15, 0.2) is 0 Å². The Labute approximate surface area is 131 Å². The molecule has 110 valence electrons. The molecule has 1 unspecified atom stereocenters. The van der Waals surface area contributed by atoms with E-state index >= 15 is 0 Å². The summed E-state index contributed by atoms with van der Waals surface area (Å²) in [6.45, 7) is 3.36. The lowest BCUT2D eigenvalue weighted by atomic mass is 10.1. The second-order valence-corrected chi connectivity index (χ2v) is 5.65. The zero-order valence-corrected chi connectivity index (χ0v) is 13.0. The summed E-state index contributed by atoms with van der Waals surface area (Å²) < 4.78 is 0. The Hall–Kier alpha value is -1.17. The zero-order chi connectivity index (χ0) is 15.4. The molecule has 0 radical (unpaired) electrons. The second kappa shape index (κ2) is 7.02. The Morgan fingerprint density at radius 2 is 1.65 bits per heavy atom. The Morgan fingerprint density at radius 3 is 2.05 bits per heavy atom. The molecule has 0 spiro atoms. The predicted molar refractivity (Wildman–Crippen MR) is 79.9 cm³/mol. The third-order valence-corrected chi connectivity index (χ3v) is 3.28. The van der Waals surface area contributed by atoms with Gasteiger partial charge in [0.2, 0.25) is 0 Å². The lowest BCUT2D eigenvalue weighted by Crippen LogP contribution is -2.46. The van der Waals surface area contributed by atoms with Crippen molar-refractivity contribution >= 4 is 52.5 Å². The van der Waals surface area contributed by atoms with Gasteiger partial charge in [-0.3, -0.25) is 0 Å². The smallest absolute Gasteiger partial charge is 0.326 e. The number of halogens is 3. The van der Waals surface area contributed by atoms with Crippen molar-refractivity contribution in [3.05, 3.63) is 27.2 Å². The van der Waals surface area contributed by atoms with Gasteiger partial charge in [-0.2, -0.15) is 0 Å². The number of anilines is 1. The summed E-state index contributed by atoms with van der Waals surface area (Å²) in [6, 6.07) is 1.11. The fraction of sp³-hybridized carbons (Fsp3) is 0.333. The van der Waals surface area contributed by atoms with Crippen LogP contribution in [0.3, 0.4) is 0 Å². The summed E-state index contributed by atoms with van der Waals surface area (Å²) in [7, 11) is 0. The molecule has 2 amide bonds. The van der Waals surface area contributed by atoms with Crippen LogP contribution in [0.15, 0.2) is 12.1 Å². The number of hydrogen-bond acceptors (Lipinski definition) is 2. The fourth-order valence-electron chi connectivity index (χ4n) is 1.47. The van der Waals surface area contributed by atoms with Crippen molar-refractivity contribution in [2.45, 2.75) is 19.9 Å². The van der Waals surface area contributed by atoms with Crippen LogP contribution >= 0.6 is 34.8 Å². The monoisotopic (exact) mass is 338 g/mol. The van der Waals surface area contributed by atoms with Crippen molar-refractivity contribution in [1.82, 2.24) is 5.32 Å². The van der Waals surface area contributed by atoms with E-state index in [1.54, 1.807) is 13.8 Å². The molecule has 1 aromatic carbocycles. The fourth-order valence-corrected chi connectivity index (χ4v) is 2.38.